The molecule has 2 atom stereocenters. The highest BCUT2D eigenvalue weighted by Crippen LogP contribution is 2.37. The van der Waals surface area contributed by atoms with Gasteiger partial charge in [-0.2, -0.15) is 0 Å². The molecule has 0 aromatic heterocycles. The van der Waals surface area contributed by atoms with E-state index in [4.69, 9.17) is 9.47 Å². The minimum Gasteiger partial charge on any atom is -0.378 e. The number of benzene rings is 1. The molecule has 20 heavy (non-hydrogen) atoms. The van der Waals surface area contributed by atoms with E-state index in [2.05, 4.69) is 0 Å². The number of hydrogen-bond acceptors (Lipinski definition) is 3. The fraction of sp³-hybridized carbons (Fsp3) is 0.562. The average molecular weight is 278 g/mol. The van der Waals surface area contributed by atoms with E-state index in [0.717, 1.165) is 12.0 Å². The molecule has 0 amide bonds. The predicted octanol–water partition coefficient (Wildman–Crippen LogP) is 2.90. The molecule has 2 aliphatic heterocycles. The molecule has 2 heterocycles. The fourth-order valence-electron chi connectivity index (χ4n) is 3.19. The summed E-state index contributed by atoms with van der Waals surface area (Å²) >= 11 is 0. The van der Waals surface area contributed by atoms with Gasteiger partial charge in [-0.3, -0.25) is 4.79 Å². The van der Waals surface area contributed by atoms with E-state index in [1.165, 1.54) is 12.1 Å². The van der Waals surface area contributed by atoms with Gasteiger partial charge >= 0.3 is 0 Å². The first-order valence-corrected chi connectivity index (χ1v) is 7.12. The highest BCUT2D eigenvalue weighted by Gasteiger charge is 2.43. The number of hydrogen-bond donors (Lipinski definition) is 0. The molecule has 108 valence electrons. The van der Waals surface area contributed by atoms with Crippen molar-refractivity contribution in [1.29, 1.82) is 0 Å². The molecule has 1 spiro atoms. The fourth-order valence-corrected chi connectivity index (χ4v) is 3.19. The van der Waals surface area contributed by atoms with Gasteiger partial charge in [0.05, 0.1) is 12.2 Å². The van der Waals surface area contributed by atoms with Crippen molar-refractivity contribution < 1.29 is 18.7 Å². The number of carbonyl (C=O) groups is 1. The van der Waals surface area contributed by atoms with Gasteiger partial charge in [0.15, 0.2) is 5.78 Å². The summed E-state index contributed by atoms with van der Waals surface area (Å²) in [5.41, 5.74) is 1.05. The normalized spacial score (nSPS) is 29.8. The molecule has 4 heteroatoms. The number of rotatable bonds is 2. The third-order valence-electron chi connectivity index (χ3n) is 4.40. The molecule has 0 bridgehead atoms. The highest BCUT2D eigenvalue weighted by atomic mass is 19.1. The van der Waals surface area contributed by atoms with Crippen LogP contribution in [0.3, 0.4) is 0 Å². The molecule has 1 aromatic rings. The van der Waals surface area contributed by atoms with Crippen molar-refractivity contribution in [2.24, 2.45) is 5.92 Å². The quantitative estimate of drug-likeness (QED) is 0.780. The van der Waals surface area contributed by atoms with Gasteiger partial charge in [-0.15, -0.1) is 0 Å². The number of halogens is 1. The Morgan fingerprint density at radius 2 is 2.25 bits per heavy atom. The van der Waals surface area contributed by atoms with E-state index >= 15 is 0 Å². The molecule has 0 saturated carbocycles. The lowest BCUT2D eigenvalue weighted by atomic mass is 9.80. The zero-order chi connectivity index (χ0) is 14.2. The lowest BCUT2D eigenvalue weighted by molar-refractivity contribution is -0.0920. The largest absolute Gasteiger partial charge is 0.378 e. The average Bonchev–Trinajstić information content (AvgIpc) is 2.88. The van der Waals surface area contributed by atoms with Crippen LogP contribution in [-0.2, 0) is 9.47 Å². The van der Waals surface area contributed by atoms with E-state index < -0.39 is 0 Å². The van der Waals surface area contributed by atoms with Crippen LogP contribution in [0.2, 0.25) is 0 Å². The van der Waals surface area contributed by atoms with Crippen LogP contribution in [0.4, 0.5) is 4.39 Å². The third kappa shape index (κ3) is 2.50. The molecule has 2 unspecified atom stereocenters. The molecule has 3 rings (SSSR count). The summed E-state index contributed by atoms with van der Waals surface area (Å²) < 4.78 is 24.6. The molecular formula is C16H19FO3. The van der Waals surface area contributed by atoms with Gasteiger partial charge in [-0.25, -0.2) is 4.39 Å². The molecule has 0 aliphatic carbocycles. The predicted molar refractivity (Wildman–Crippen MR) is 72.3 cm³/mol. The number of carbonyl (C=O) groups excluding carboxylic acids is 1. The third-order valence-corrected chi connectivity index (χ3v) is 4.40. The van der Waals surface area contributed by atoms with Crippen LogP contribution in [0.5, 0.6) is 0 Å². The van der Waals surface area contributed by atoms with Crippen molar-refractivity contribution in [2.75, 3.05) is 19.8 Å². The van der Waals surface area contributed by atoms with Crippen molar-refractivity contribution in [3.63, 3.8) is 0 Å². The van der Waals surface area contributed by atoms with Crippen LogP contribution in [0.1, 0.15) is 35.2 Å². The van der Waals surface area contributed by atoms with Crippen molar-refractivity contribution in [3.05, 3.63) is 35.1 Å². The van der Waals surface area contributed by atoms with Crippen molar-refractivity contribution in [2.45, 2.75) is 31.8 Å². The molecule has 2 aliphatic rings. The summed E-state index contributed by atoms with van der Waals surface area (Å²) in [6.45, 7) is 3.69. The minimum atomic E-state index is -0.357. The molecule has 2 fully saturated rings. The second-order valence-electron chi connectivity index (χ2n) is 5.85. The van der Waals surface area contributed by atoms with E-state index in [1.807, 2.05) is 6.92 Å². The lowest BCUT2D eigenvalue weighted by Crippen LogP contribution is -2.42. The van der Waals surface area contributed by atoms with E-state index in [9.17, 15) is 9.18 Å². The Morgan fingerprint density at radius 3 is 3.00 bits per heavy atom. The second kappa shape index (κ2) is 5.26. The van der Waals surface area contributed by atoms with Gasteiger partial charge < -0.3 is 9.47 Å². The van der Waals surface area contributed by atoms with Crippen LogP contribution < -0.4 is 0 Å². The summed E-state index contributed by atoms with van der Waals surface area (Å²) in [5.74, 6) is -0.410. The van der Waals surface area contributed by atoms with Crippen LogP contribution in [-0.4, -0.2) is 31.2 Å². The maximum atomic E-state index is 13.4. The summed E-state index contributed by atoms with van der Waals surface area (Å²) in [7, 11) is 0. The van der Waals surface area contributed by atoms with E-state index in [1.54, 1.807) is 6.07 Å². The monoisotopic (exact) mass is 278 g/mol. The van der Waals surface area contributed by atoms with Gasteiger partial charge in [-0.1, -0.05) is 6.07 Å². The van der Waals surface area contributed by atoms with Crippen LogP contribution >= 0.6 is 0 Å². The van der Waals surface area contributed by atoms with Gasteiger partial charge in [0.25, 0.3) is 0 Å². The molecular weight excluding hydrogens is 259 g/mol. The van der Waals surface area contributed by atoms with Crippen LogP contribution in [0.25, 0.3) is 0 Å². The van der Waals surface area contributed by atoms with Gasteiger partial charge in [-0.05, 0) is 37.5 Å². The molecule has 1 aromatic carbocycles. The Balaban J connectivity index is 1.81. The summed E-state index contributed by atoms with van der Waals surface area (Å²) in [6.07, 6.45) is 2.23. The number of Topliss-reactive ketones (excluding diaryl/α,β-unsaturated/α-hetero) is 1. The number of aryl methyl sites for hydroxylation is 1. The topological polar surface area (TPSA) is 35.5 Å². The molecule has 0 N–H and O–H groups in total. The Labute approximate surface area is 118 Å². The Kier molecular flexibility index (Phi) is 3.61. The van der Waals surface area contributed by atoms with E-state index in [-0.39, 0.29) is 23.1 Å². The van der Waals surface area contributed by atoms with Gasteiger partial charge in [0, 0.05) is 31.1 Å². The number of ether oxygens (including phenoxy) is 2. The van der Waals surface area contributed by atoms with Crippen molar-refractivity contribution in [3.8, 4) is 0 Å². The summed E-state index contributed by atoms with van der Waals surface area (Å²) in [6, 6.07) is 4.41. The second-order valence-corrected chi connectivity index (χ2v) is 5.85. The standard InChI is InChI=1S/C16H19FO3/c1-11-2-3-13(17)8-14(11)15(18)12-4-6-20-16(9-12)5-7-19-10-16/h2-3,8,12H,4-7,9-10H2,1H3. The first kappa shape index (κ1) is 13.7. The Morgan fingerprint density at radius 1 is 1.40 bits per heavy atom. The van der Waals surface area contributed by atoms with Crippen LogP contribution in [0, 0.1) is 18.7 Å². The first-order chi connectivity index (χ1) is 9.60. The molecule has 3 nitrogen and oxygen atoms in total. The zero-order valence-electron chi connectivity index (χ0n) is 11.7. The van der Waals surface area contributed by atoms with Crippen LogP contribution in [0.15, 0.2) is 18.2 Å². The maximum absolute atomic E-state index is 13.4. The SMILES string of the molecule is Cc1ccc(F)cc1C(=O)C1CCOC2(CCOC2)C1. The molecule has 2 saturated heterocycles. The Hall–Kier alpha value is -1.26. The van der Waals surface area contributed by atoms with Gasteiger partial charge in [0.1, 0.15) is 5.82 Å². The van der Waals surface area contributed by atoms with Crippen molar-refractivity contribution >= 4 is 5.78 Å². The van der Waals surface area contributed by atoms with Gasteiger partial charge in [0.2, 0.25) is 0 Å². The highest BCUT2D eigenvalue weighted by molar-refractivity contribution is 5.99. The smallest absolute Gasteiger partial charge is 0.166 e. The molecule has 0 radical (unpaired) electrons. The summed E-state index contributed by atoms with van der Waals surface area (Å²) in [5, 5.41) is 0. The summed E-state index contributed by atoms with van der Waals surface area (Å²) in [4.78, 5) is 12.6. The minimum absolute atomic E-state index is 0.0385. The lowest BCUT2D eigenvalue weighted by Gasteiger charge is -2.36. The van der Waals surface area contributed by atoms with Crippen molar-refractivity contribution in [1.82, 2.24) is 0 Å². The zero-order valence-corrected chi connectivity index (χ0v) is 11.7. The number of ketones is 1. The Bertz CT molecular complexity index is 520. The first-order valence-electron chi connectivity index (χ1n) is 7.12. The maximum Gasteiger partial charge on any atom is 0.166 e. The van der Waals surface area contributed by atoms with E-state index in [0.29, 0.717) is 38.2 Å².